The zero-order chi connectivity index (χ0) is 5.61. The molecule has 0 aliphatic carbocycles. The number of nitrogens with one attached hydrogen (secondary N) is 1. The Morgan fingerprint density at radius 3 is 1.90 bits per heavy atom. The second-order valence-corrected chi connectivity index (χ2v) is 3.09. The molecule has 2 rings (SSSR count). The van der Waals surface area contributed by atoms with Gasteiger partial charge in [-0.1, -0.05) is 0 Å². The third-order valence-corrected chi connectivity index (χ3v) is 2.12. The molecule has 2 fully saturated rings. The monoisotopic (exact) mass is 215 g/mol. The van der Waals surface area contributed by atoms with Crippen LogP contribution >= 0.6 is 0 Å². The van der Waals surface area contributed by atoms with E-state index < -0.39 is 0 Å². The minimum Gasteiger partial charge on any atom is -0.458 e. The summed E-state index contributed by atoms with van der Waals surface area (Å²) >= 11 is 0. The zero-order valence-corrected chi connectivity index (χ0v) is 9.40. The molecule has 2 aliphatic heterocycles. The molecule has 0 unspecified atom stereocenters. The fraction of sp³-hybridized carbons (Fsp3) is 0.714. The van der Waals surface area contributed by atoms with Gasteiger partial charge in [0.1, 0.15) is 0 Å². The average Bonchev–Trinajstić information content (AvgIpc) is 1.51. The molecule has 0 aromatic heterocycles. The molecule has 0 saturated carbocycles. The molecule has 3 heteroatoms. The van der Waals surface area contributed by atoms with Crippen LogP contribution in [0, 0.1) is 19.9 Å². The van der Waals surface area contributed by atoms with Crippen molar-refractivity contribution in [2.24, 2.45) is 5.41 Å². The van der Waals surface area contributed by atoms with Crippen molar-refractivity contribution in [1.29, 1.82) is 0 Å². The minimum absolute atomic E-state index is 0. The van der Waals surface area contributed by atoms with Gasteiger partial charge in [-0.3, -0.25) is 7.05 Å². The molecule has 57 valence electrons. The Hall–Kier alpha value is 1.02. The van der Waals surface area contributed by atoms with Crippen LogP contribution in [0.2, 0.25) is 0 Å². The van der Waals surface area contributed by atoms with E-state index in [1.54, 1.807) is 0 Å². The largest absolute Gasteiger partial charge is 0.458 e. The molecule has 0 amide bonds. The summed E-state index contributed by atoms with van der Waals surface area (Å²) in [6.07, 6.45) is 0. The molecule has 1 spiro atoms. The molecule has 1 N–H and O–H groups in total. The predicted molar refractivity (Wildman–Crippen MR) is 38.6 cm³/mol. The van der Waals surface area contributed by atoms with Crippen LogP contribution in [0.25, 0.3) is 0 Å². The Labute approximate surface area is 88.6 Å². The molecule has 10 heavy (non-hydrogen) atoms. The summed E-state index contributed by atoms with van der Waals surface area (Å²) in [5.41, 5.74) is 0.668. The number of nitrogens with zero attached hydrogens (tertiary/aromatic N) is 1. The van der Waals surface area contributed by atoms with E-state index in [-0.39, 0.29) is 40.1 Å². The van der Waals surface area contributed by atoms with Crippen molar-refractivity contribution in [3.63, 3.8) is 0 Å². The summed E-state index contributed by atoms with van der Waals surface area (Å²) in [5.74, 6) is 0. The van der Waals surface area contributed by atoms with E-state index in [1.165, 1.54) is 26.2 Å². The van der Waals surface area contributed by atoms with Crippen LogP contribution < -0.4 is 5.32 Å². The quantitative estimate of drug-likeness (QED) is 0.578. The van der Waals surface area contributed by atoms with Crippen LogP contribution in [0.5, 0.6) is 0 Å². The van der Waals surface area contributed by atoms with Gasteiger partial charge >= 0.3 is 0 Å². The van der Waals surface area contributed by atoms with E-state index in [9.17, 15) is 0 Å². The third-order valence-electron chi connectivity index (χ3n) is 2.12. The molecular weight excluding hydrogens is 201 g/mol. The smallest absolute Gasteiger partial charge is 0.0158 e. The Balaban J connectivity index is 0.000000405. The average molecular weight is 215 g/mol. The van der Waals surface area contributed by atoms with Gasteiger partial charge in [0.05, 0.1) is 0 Å². The topological polar surface area (TPSA) is 15.3 Å². The van der Waals surface area contributed by atoms with Crippen molar-refractivity contribution in [3.8, 4) is 0 Å². The number of hydrogen-bond acceptors (Lipinski definition) is 2. The van der Waals surface area contributed by atoms with Crippen LogP contribution in [0.3, 0.4) is 0 Å². The van der Waals surface area contributed by atoms with Gasteiger partial charge in [0, 0.05) is 51.2 Å². The molecule has 0 aromatic rings. The van der Waals surface area contributed by atoms with Gasteiger partial charge in [0.15, 0.2) is 0 Å². The van der Waals surface area contributed by atoms with Gasteiger partial charge in [-0.25, -0.2) is 0 Å². The van der Waals surface area contributed by atoms with Gasteiger partial charge in [0.2, 0.25) is 0 Å². The zero-order valence-electron chi connectivity index (χ0n) is 6.56. The fourth-order valence-corrected chi connectivity index (χ4v) is 1.60. The number of rotatable bonds is 0. The van der Waals surface area contributed by atoms with Gasteiger partial charge in [-0.15, -0.1) is 0 Å². The summed E-state index contributed by atoms with van der Waals surface area (Å²) in [4.78, 5) is 2.13. The van der Waals surface area contributed by atoms with Crippen molar-refractivity contribution in [3.05, 3.63) is 14.5 Å². The van der Waals surface area contributed by atoms with E-state index >= 15 is 0 Å². The first-order chi connectivity index (χ1) is 3.81. The minimum atomic E-state index is 0. The van der Waals surface area contributed by atoms with Crippen LogP contribution in [0.4, 0.5) is 0 Å². The molecule has 2 heterocycles. The molecule has 2 nitrogen and oxygen atoms in total. The predicted octanol–water partition coefficient (Wildman–Crippen LogP) is 0.131. The first-order valence-corrected chi connectivity index (χ1v) is 3.07. The van der Waals surface area contributed by atoms with Crippen molar-refractivity contribution in [2.75, 3.05) is 26.2 Å². The molecule has 0 aromatic carbocycles. The van der Waals surface area contributed by atoms with Crippen LogP contribution in [0.15, 0.2) is 0 Å². The third kappa shape index (κ3) is 1.61. The molecule has 2 saturated heterocycles. The number of hydrogen-bond donors (Lipinski definition) is 1. The maximum Gasteiger partial charge on any atom is 0.0158 e. The van der Waals surface area contributed by atoms with E-state index in [2.05, 4.69) is 17.3 Å². The van der Waals surface area contributed by atoms with Gasteiger partial charge in [0.25, 0.3) is 0 Å². The molecule has 2 aliphatic rings. The van der Waals surface area contributed by atoms with E-state index in [1.807, 2.05) is 0 Å². The summed E-state index contributed by atoms with van der Waals surface area (Å²) < 4.78 is 0. The fourth-order valence-electron chi connectivity index (χ4n) is 1.60. The SMILES string of the molecule is [CH2-]N1CC2(CNC2)C1.[CH3-].[Y]. The molecule has 1 radical (unpaired) electrons. The Morgan fingerprint density at radius 1 is 1.30 bits per heavy atom. The molecule has 0 bridgehead atoms. The van der Waals surface area contributed by atoms with Crippen LogP contribution in [-0.2, 0) is 32.7 Å². The van der Waals surface area contributed by atoms with Crippen molar-refractivity contribution in [2.45, 2.75) is 0 Å². The first kappa shape index (κ1) is 11.0. The van der Waals surface area contributed by atoms with E-state index in [0.29, 0.717) is 5.41 Å². The van der Waals surface area contributed by atoms with E-state index in [0.717, 1.165) is 0 Å². The first-order valence-electron chi connectivity index (χ1n) is 3.07. The Kier molecular flexibility index (Phi) is 3.99. The summed E-state index contributed by atoms with van der Waals surface area (Å²) in [5, 5.41) is 3.27. The molecule has 0 atom stereocenters. The van der Waals surface area contributed by atoms with Crippen molar-refractivity contribution < 1.29 is 32.7 Å². The van der Waals surface area contributed by atoms with Gasteiger partial charge in [-0.2, -0.15) is 0 Å². The number of likely N-dealkylation sites (tertiary alicyclic amines) is 1. The van der Waals surface area contributed by atoms with Crippen molar-refractivity contribution in [1.82, 2.24) is 10.2 Å². The van der Waals surface area contributed by atoms with Crippen LogP contribution in [0.1, 0.15) is 0 Å². The van der Waals surface area contributed by atoms with Crippen molar-refractivity contribution >= 4 is 0 Å². The standard InChI is InChI=1S/C6H11N2.CH3.Y/c1-8-4-6(5-8)2-7-3-6;;/h7H,1-5H2;1H3;/q2*-1;. The summed E-state index contributed by atoms with van der Waals surface area (Å²) in [7, 11) is 3.83. The van der Waals surface area contributed by atoms with E-state index in [4.69, 9.17) is 0 Å². The second kappa shape index (κ2) is 3.62. The summed E-state index contributed by atoms with van der Waals surface area (Å²) in [6.45, 7) is 4.86. The normalized spacial score (nSPS) is 27.3. The maximum atomic E-state index is 3.83. The summed E-state index contributed by atoms with van der Waals surface area (Å²) in [6, 6.07) is 0. The van der Waals surface area contributed by atoms with Crippen LogP contribution in [-0.4, -0.2) is 31.1 Å². The second-order valence-electron chi connectivity index (χ2n) is 3.09. The van der Waals surface area contributed by atoms with Gasteiger partial charge in [-0.05, 0) is 13.1 Å². The molecular formula is C7H14N2Y-2. The Bertz CT molecular complexity index is 104. The Morgan fingerprint density at radius 2 is 1.80 bits per heavy atom. The maximum absolute atomic E-state index is 3.83. The van der Waals surface area contributed by atoms with Gasteiger partial charge < -0.3 is 17.6 Å².